The van der Waals surface area contributed by atoms with Crippen molar-refractivity contribution >= 4 is 18.0 Å². The number of nitrogens with zero attached hydrogens (tertiary/aromatic N) is 2. The molecule has 10 heteroatoms. The predicted molar refractivity (Wildman–Crippen MR) is 169 cm³/mol. The summed E-state index contributed by atoms with van der Waals surface area (Å²) >= 11 is 0. The number of carbonyl (C=O) groups is 2. The van der Waals surface area contributed by atoms with E-state index in [1.54, 1.807) is 18.0 Å². The summed E-state index contributed by atoms with van der Waals surface area (Å²) in [5, 5.41) is 11.0. The van der Waals surface area contributed by atoms with Crippen LogP contribution in [0.5, 0.6) is 11.5 Å². The quantitative estimate of drug-likeness (QED) is 0.254. The summed E-state index contributed by atoms with van der Waals surface area (Å²) in [5.41, 5.74) is 1.15. The Labute approximate surface area is 271 Å². The van der Waals surface area contributed by atoms with Gasteiger partial charge in [0.2, 0.25) is 5.91 Å². The zero-order valence-electron chi connectivity index (χ0n) is 26.3. The van der Waals surface area contributed by atoms with Gasteiger partial charge in [0.25, 0.3) is 0 Å². The number of aromatic hydroxyl groups is 1. The van der Waals surface area contributed by atoms with Crippen molar-refractivity contribution in [2.75, 3.05) is 20.1 Å². The Bertz CT molecular complexity index is 1730. The molecule has 7 rings (SSSR count). The maximum absolute atomic E-state index is 13.6. The van der Waals surface area contributed by atoms with E-state index in [0.717, 1.165) is 42.8 Å². The number of piperidine rings is 1. The van der Waals surface area contributed by atoms with Gasteiger partial charge in [-0.05, 0) is 79.6 Å². The molecule has 4 aliphatic rings. The van der Waals surface area contributed by atoms with Crippen LogP contribution in [0.25, 0.3) is 6.08 Å². The van der Waals surface area contributed by atoms with E-state index in [2.05, 4.69) is 17.0 Å². The molecule has 2 aliphatic heterocycles. The molecule has 2 fully saturated rings. The third-order valence-corrected chi connectivity index (χ3v) is 10.9. The fourth-order valence-electron chi connectivity index (χ4n) is 8.85. The van der Waals surface area contributed by atoms with Crippen molar-refractivity contribution in [2.45, 2.75) is 74.4 Å². The molecule has 1 spiro atoms. The van der Waals surface area contributed by atoms with Crippen molar-refractivity contribution < 1.29 is 37.3 Å². The first-order valence-corrected chi connectivity index (χ1v) is 16.1. The van der Waals surface area contributed by atoms with E-state index in [1.807, 2.05) is 24.3 Å². The average Bonchev–Trinajstić information content (AvgIpc) is 3.40. The van der Waals surface area contributed by atoms with Gasteiger partial charge in [-0.25, -0.2) is 0 Å². The molecular weight excluding hydrogens is 609 g/mol. The number of hydrogen-bond acceptors (Lipinski definition) is 6. The van der Waals surface area contributed by atoms with Crippen molar-refractivity contribution in [3.05, 3.63) is 101 Å². The summed E-state index contributed by atoms with van der Waals surface area (Å²) in [6.07, 6.45) is 0.903. The van der Waals surface area contributed by atoms with Crippen LogP contribution in [0.4, 0.5) is 13.2 Å². The Morgan fingerprint density at radius 1 is 1.09 bits per heavy atom. The van der Waals surface area contributed by atoms with Crippen LogP contribution >= 0.6 is 0 Å². The number of likely N-dealkylation sites (N-methyl/N-ethyl adjacent to an activating group) is 1. The van der Waals surface area contributed by atoms with E-state index in [-0.39, 0.29) is 23.7 Å². The molecule has 3 aromatic rings. The maximum Gasteiger partial charge on any atom is 0.416 e. The van der Waals surface area contributed by atoms with Crippen LogP contribution in [0, 0.1) is 0 Å². The summed E-state index contributed by atoms with van der Waals surface area (Å²) in [6, 6.07) is 18.0. The highest BCUT2D eigenvalue weighted by Crippen LogP contribution is 2.67. The second-order valence-corrected chi connectivity index (χ2v) is 13.2. The minimum absolute atomic E-state index is 0.0177. The van der Waals surface area contributed by atoms with E-state index in [4.69, 9.17) is 9.47 Å². The largest absolute Gasteiger partial charge is 0.504 e. The first-order chi connectivity index (χ1) is 22.4. The van der Waals surface area contributed by atoms with Gasteiger partial charge in [-0.15, -0.1) is 0 Å². The van der Waals surface area contributed by atoms with Gasteiger partial charge in [0, 0.05) is 32.2 Å². The molecule has 0 aromatic heterocycles. The third kappa shape index (κ3) is 4.99. The van der Waals surface area contributed by atoms with Crippen LogP contribution in [0.15, 0.2) is 72.8 Å². The lowest BCUT2D eigenvalue weighted by Crippen LogP contribution is -2.79. The molecule has 1 saturated carbocycles. The Balaban J connectivity index is 1.22. The Kier molecular flexibility index (Phi) is 7.62. The van der Waals surface area contributed by atoms with Gasteiger partial charge < -0.3 is 19.5 Å². The normalized spacial score (nSPS) is 27.6. The lowest BCUT2D eigenvalue weighted by atomic mass is 9.48. The lowest BCUT2D eigenvalue weighted by Gasteiger charge is -2.65. The maximum atomic E-state index is 13.6. The Morgan fingerprint density at radius 3 is 2.53 bits per heavy atom. The first-order valence-electron chi connectivity index (χ1n) is 16.1. The highest BCUT2D eigenvalue weighted by molar-refractivity contribution is 5.92. The van der Waals surface area contributed by atoms with E-state index >= 15 is 0 Å². The second-order valence-electron chi connectivity index (χ2n) is 13.2. The van der Waals surface area contributed by atoms with Crippen LogP contribution in [0.1, 0.15) is 54.0 Å². The number of hydrogen-bond donors (Lipinski definition) is 1. The van der Waals surface area contributed by atoms with Gasteiger partial charge in [0.05, 0.1) is 23.1 Å². The van der Waals surface area contributed by atoms with Gasteiger partial charge in [0.1, 0.15) is 11.7 Å². The number of rotatable bonds is 7. The number of phenols is 1. The lowest BCUT2D eigenvalue weighted by molar-refractivity contribution is -0.223. The summed E-state index contributed by atoms with van der Waals surface area (Å²) in [7, 11) is 1.70. The fourth-order valence-corrected chi connectivity index (χ4v) is 8.85. The molecule has 2 heterocycles. The molecule has 1 amide bonds. The minimum atomic E-state index is -4.44. The van der Waals surface area contributed by atoms with Gasteiger partial charge >= 0.3 is 12.1 Å². The van der Waals surface area contributed by atoms with Crippen LogP contribution < -0.4 is 4.74 Å². The molecule has 3 aromatic carbocycles. The highest BCUT2D eigenvalue weighted by Gasteiger charge is 2.75. The van der Waals surface area contributed by atoms with Crippen LogP contribution in [-0.2, 0) is 38.8 Å². The summed E-state index contributed by atoms with van der Waals surface area (Å²) < 4.78 is 52.2. The van der Waals surface area contributed by atoms with Crippen LogP contribution in [-0.4, -0.2) is 70.7 Å². The van der Waals surface area contributed by atoms with Crippen LogP contribution in [0.3, 0.4) is 0 Å². The Morgan fingerprint density at radius 2 is 1.83 bits per heavy atom. The molecule has 2 aliphatic carbocycles. The van der Waals surface area contributed by atoms with Crippen molar-refractivity contribution in [2.24, 2.45) is 0 Å². The molecule has 0 radical (unpaired) electrons. The number of halogens is 3. The van der Waals surface area contributed by atoms with Gasteiger partial charge in [-0.3, -0.25) is 14.5 Å². The van der Waals surface area contributed by atoms with Crippen LogP contribution in [0.2, 0.25) is 0 Å². The van der Waals surface area contributed by atoms with E-state index < -0.39 is 34.9 Å². The third-order valence-electron chi connectivity index (χ3n) is 10.9. The average molecular weight is 647 g/mol. The molecule has 7 nitrogen and oxygen atoms in total. The SMILES string of the molecule is CC(=O)O[C@@]12CC[C@@H](N(C)C(=O)C=Cc3ccc(C(F)(F)F)cc3)[C@@H]3Oc4c(O)ccc5c4[C@@]31CCN(CCc1ccccc1)[C@@H]2C5. The molecule has 1 N–H and O–H groups in total. The molecule has 0 unspecified atom stereocenters. The number of carbonyl (C=O) groups excluding carboxylic acids is 2. The number of ether oxygens (including phenoxy) is 2. The summed E-state index contributed by atoms with van der Waals surface area (Å²) in [6.45, 7) is 2.95. The molecule has 1 saturated heterocycles. The molecule has 47 heavy (non-hydrogen) atoms. The van der Waals surface area contributed by atoms with E-state index in [1.165, 1.54) is 36.8 Å². The van der Waals surface area contributed by atoms with E-state index in [9.17, 15) is 27.9 Å². The smallest absolute Gasteiger partial charge is 0.416 e. The molecule has 246 valence electrons. The standard InChI is InChI=1S/C37H37F3N2O5/c1-23(43)47-36-18-16-28(41(2)31(45)15-10-25-8-12-27(13-9-25)37(38,39)40)34-35(36)19-21-42(20-17-24-6-4-3-5-7-24)30(36)22-26-11-14-29(44)33(46-34)32(26)35/h3-15,28,30,34,44H,16-22H2,1-2H3/t28-,30-,34+,35+,36-/m1/s1. The number of alkyl halides is 3. The summed E-state index contributed by atoms with van der Waals surface area (Å²) in [5.74, 6) is -0.294. The molecule has 5 atom stereocenters. The van der Waals surface area contributed by atoms with Crippen molar-refractivity contribution in [1.82, 2.24) is 9.80 Å². The topological polar surface area (TPSA) is 79.3 Å². The number of benzene rings is 3. The number of phenolic OH excluding ortho intramolecular Hbond substituents is 1. The Hall–Kier alpha value is -4.31. The number of esters is 1. The van der Waals surface area contributed by atoms with Gasteiger partial charge in [-0.1, -0.05) is 48.5 Å². The summed E-state index contributed by atoms with van der Waals surface area (Å²) in [4.78, 5) is 30.6. The highest BCUT2D eigenvalue weighted by atomic mass is 19.4. The monoisotopic (exact) mass is 646 g/mol. The second kappa shape index (κ2) is 11.4. The van der Waals surface area contributed by atoms with Gasteiger partial charge in [0.15, 0.2) is 11.5 Å². The zero-order chi connectivity index (χ0) is 33.1. The zero-order valence-corrected chi connectivity index (χ0v) is 26.3. The molecular formula is C37H37F3N2O5. The van der Waals surface area contributed by atoms with E-state index in [0.29, 0.717) is 37.0 Å². The number of likely N-dealkylation sites (tertiary alicyclic amines) is 1. The molecule has 2 bridgehead atoms. The van der Waals surface area contributed by atoms with Gasteiger partial charge in [-0.2, -0.15) is 13.2 Å². The minimum Gasteiger partial charge on any atom is -0.504 e. The predicted octanol–water partition coefficient (Wildman–Crippen LogP) is 5.92. The fraction of sp³-hybridized carbons (Fsp3) is 0.405. The van der Waals surface area contributed by atoms with Crippen molar-refractivity contribution in [3.63, 3.8) is 0 Å². The first kappa shape index (κ1) is 31.3. The van der Waals surface area contributed by atoms with Crippen molar-refractivity contribution in [3.8, 4) is 11.5 Å². The van der Waals surface area contributed by atoms with Crippen molar-refractivity contribution in [1.29, 1.82) is 0 Å². The number of amides is 1.